The van der Waals surface area contributed by atoms with E-state index >= 15 is 0 Å². The first kappa shape index (κ1) is 35.0. The molecule has 270 valence electrons. The fourth-order valence-electron chi connectivity index (χ4n) is 8.25. The SMILES string of the molecule is [Pt+2].[c-]1c(B(c2[c-]c3c(cc2)c2ccccc2n3-c2ccccn2)c2c(-c3ccccc3)nsc2-c2ccccc2)ccc2c3ccccc3n(-c3ccccn3)c12. The van der Waals surface area contributed by atoms with Gasteiger partial charge in [-0.3, -0.25) is 0 Å². The zero-order valence-electron chi connectivity index (χ0n) is 30.4. The Morgan fingerprint density at radius 1 is 0.456 bits per heavy atom. The van der Waals surface area contributed by atoms with E-state index in [1.165, 1.54) is 0 Å². The molecule has 0 saturated heterocycles. The fourth-order valence-corrected chi connectivity index (χ4v) is 9.19. The molecule has 0 atom stereocenters. The molecule has 0 spiro atoms. The molecule has 11 aromatic rings. The number of benzene rings is 6. The minimum Gasteiger partial charge on any atom is -0.319 e. The van der Waals surface area contributed by atoms with E-state index in [-0.39, 0.29) is 27.8 Å². The van der Waals surface area contributed by atoms with Crippen LogP contribution < -0.4 is 16.4 Å². The largest absolute Gasteiger partial charge is 2.00 e. The Balaban J connectivity index is 0.00000396. The van der Waals surface area contributed by atoms with Crippen molar-refractivity contribution in [1.29, 1.82) is 0 Å². The van der Waals surface area contributed by atoms with Gasteiger partial charge in [0.25, 0.3) is 0 Å². The summed E-state index contributed by atoms with van der Waals surface area (Å²) in [4.78, 5) is 10.8. The van der Waals surface area contributed by atoms with E-state index in [2.05, 4.69) is 167 Å². The van der Waals surface area contributed by atoms with Crippen molar-refractivity contribution in [3.8, 4) is 33.3 Å². The van der Waals surface area contributed by atoms with Crippen LogP contribution in [-0.2, 0) is 21.1 Å². The predicted molar refractivity (Wildman–Crippen MR) is 232 cm³/mol. The van der Waals surface area contributed by atoms with Crippen molar-refractivity contribution in [2.75, 3.05) is 0 Å². The van der Waals surface area contributed by atoms with Gasteiger partial charge in [0, 0.05) is 29.0 Å². The van der Waals surface area contributed by atoms with E-state index < -0.39 is 0 Å². The smallest absolute Gasteiger partial charge is 0.319 e. The maximum atomic E-state index is 5.24. The molecule has 5 nitrogen and oxygen atoms in total. The minimum absolute atomic E-state index is 0. The molecule has 0 radical (unpaired) electrons. The standard InChI is InChI=1S/C49H30BN5S.Pt/c1-3-15-33(16-4-1)48-47(49(56-53-48)34-17-5-2-6-18-34)50(35-25-27-39-37-19-7-9-21-41(37)54(43(39)31-35)45-23-11-13-29-51-45)36-26-28-40-38-20-8-10-22-42(38)55(44(40)32-36)46-24-12-14-30-52-46;/h1-30H;/q-2;+2. The first-order valence-corrected chi connectivity index (χ1v) is 19.4. The second-order valence-electron chi connectivity index (χ2n) is 13.9. The van der Waals surface area contributed by atoms with Crippen LogP contribution in [0.15, 0.2) is 182 Å². The summed E-state index contributed by atoms with van der Waals surface area (Å²) in [5.74, 6) is 1.70. The van der Waals surface area contributed by atoms with E-state index in [9.17, 15) is 0 Å². The predicted octanol–water partition coefficient (Wildman–Crippen LogP) is 9.58. The molecule has 11 rings (SSSR count). The number of pyridine rings is 2. The first-order valence-electron chi connectivity index (χ1n) is 18.7. The Bertz CT molecular complexity index is 2980. The summed E-state index contributed by atoms with van der Waals surface area (Å²) in [5, 5.41) is 4.57. The Kier molecular flexibility index (Phi) is 8.97. The van der Waals surface area contributed by atoms with Gasteiger partial charge in [0.2, 0.25) is 0 Å². The summed E-state index contributed by atoms with van der Waals surface area (Å²) in [5.41, 5.74) is 10.4. The molecule has 0 fully saturated rings. The van der Waals surface area contributed by atoms with Crippen LogP contribution in [0.4, 0.5) is 0 Å². The molecule has 6 aromatic carbocycles. The number of rotatable bonds is 7. The van der Waals surface area contributed by atoms with Gasteiger partial charge in [-0.1, -0.05) is 120 Å². The zero-order valence-corrected chi connectivity index (χ0v) is 33.4. The summed E-state index contributed by atoms with van der Waals surface area (Å²) in [6, 6.07) is 67.4. The first-order chi connectivity index (χ1) is 27.8. The molecule has 0 unspecified atom stereocenters. The monoisotopic (exact) mass is 926 g/mol. The average Bonchev–Trinajstić information content (AvgIpc) is 3.95. The van der Waals surface area contributed by atoms with Gasteiger partial charge in [0.15, 0.2) is 6.71 Å². The third kappa shape index (κ3) is 5.85. The summed E-state index contributed by atoms with van der Waals surface area (Å²) in [6.45, 7) is -0.293. The molecule has 0 bridgehead atoms. The Morgan fingerprint density at radius 3 is 1.44 bits per heavy atom. The second-order valence-corrected chi connectivity index (χ2v) is 14.6. The van der Waals surface area contributed by atoms with Crippen LogP contribution in [0.2, 0.25) is 0 Å². The summed E-state index contributed by atoms with van der Waals surface area (Å²) >= 11 is 1.55. The molecular formula is C49H30BN5PtS. The van der Waals surface area contributed by atoms with E-state index in [1.807, 2.05) is 36.7 Å². The number of fused-ring (bicyclic) bond motifs is 6. The molecule has 0 N–H and O–H groups in total. The molecule has 57 heavy (non-hydrogen) atoms. The van der Waals surface area contributed by atoms with Gasteiger partial charge in [-0.15, -0.1) is 10.8 Å². The van der Waals surface area contributed by atoms with Gasteiger partial charge >= 0.3 is 21.1 Å². The van der Waals surface area contributed by atoms with E-state index in [0.29, 0.717) is 0 Å². The molecule has 0 aliphatic heterocycles. The van der Waals surface area contributed by atoms with E-state index in [1.54, 1.807) is 11.5 Å². The average molecular weight is 927 g/mol. The maximum Gasteiger partial charge on any atom is 2.00 e. The maximum absolute atomic E-state index is 5.24. The van der Waals surface area contributed by atoms with Gasteiger partial charge in [0.05, 0.1) is 10.6 Å². The Labute approximate surface area is 348 Å². The van der Waals surface area contributed by atoms with Crippen molar-refractivity contribution in [3.63, 3.8) is 0 Å². The molecule has 5 heterocycles. The molecule has 0 amide bonds. The van der Waals surface area contributed by atoms with E-state index in [4.69, 9.17) is 14.3 Å². The summed E-state index contributed by atoms with van der Waals surface area (Å²) < 4.78 is 9.71. The van der Waals surface area contributed by atoms with Gasteiger partial charge in [-0.05, 0) is 69.7 Å². The molecule has 0 aliphatic rings. The minimum atomic E-state index is -0.293. The number of hydrogen-bond donors (Lipinski definition) is 0. The van der Waals surface area contributed by atoms with Crippen LogP contribution in [0.1, 0.15) is 0 Å². The van der Waals surface area contributed by atoms with Crippen LogP contribution >= 0.6 is 11.5 Å². The van der Waals surface area contributed by atoms with Crippen molar-refractivity contribution in [2.24, 2.45) is 0 Å². The topological polar surface area (TPSA) is 48.5 Å². The third-order valence-corrected chi connectivity index (χ3v) is 11.6. The molecule has 0 aliphatic carbocycles. The Morgan fingerprint density at radius 2 is 0.930 bits per heavy atom. The molecular weight excluding hydrogens is 897 g/mol. The van der Waals surface area contributed by atoms with Crippen molar-refractivity contribution < 1.29 is 21.1 Å². The van der Waals surface area contributed by atoms with Crippen molar-refractivity contribution in [1.82, 2.24) is 23.5 Å². The summed E-state index contributed by atoms with van der Waals surface area (Å²) in [7, 11) is 0. The van der Waals surface area contributed by atoms with Crippen LogP contribution in [0, 0.1) is 12.1 Å². The third-order valence-electron chi connectivity index (χ3n) is 10.7. The number of hydrogen-bond acceptors (Lipinski definition) is 4. The van der Waals surface area contributed by atoms with Crippen LogP contribution in [-0.4, -0.2) is 30.2 Å². The van der Waals surface area contributed by atoms with Gasteiger partial charge in [0.1, 0.15) is 11.6 Å². The fraction of sp³-hybridized carbons (Fsp3) is 0. The number of aromatic nitrogens is 5. The van der Waals surface area contributed by atoms with Crippen molar-refractivity contribution >= 4 is 78.2 Å². The number of nitrogens with zero attached hydrogens (tertiary/aromatic N) is 5. The van der Waals surface area contributed by atoms with Gasteiger partial charge in [-0.2, -0.15) is 51.7 Å². The second kappa shape index (κ2) is 14.6. The molecule has 0 saturated carbocycles. The van der Waals surface area contributed by atoms with Crippen LogP contribution in [0.5, 0.6) is 0 Å². The number of para-hydroxylation sites is 2. The Hall–Kier alpha value is -6.40. The van der Waals surface area contributed by atoms with E-state index in [0.717, 1.165) is 93.3 Å². The zero-order chi connectivity index (χ0) is 37.0. The summed E-state index contributed by atoms with van der Waals surface area (Å²) in [6.07, 6.45) is 3.70. The van der Waals surface area contributed by atoms with Crippen LogP contribution in [0.25, 0.3) is 76.9 Å². The normalized spacial score (nSPS) is 11.4. The van der Waals surface area contributed by atoms with Crippen molar-refractivity contribution in [2.45, 2.75) is 0 Å². The van der Waals surface area contributed by atoms with Crippen molar-refractivity contribution in [3.05, 3.63) is 194 Å². The van der Waals surface area contributed by atoms with Gasteiger partial charge < -0.3 is 9.13 Å². The quantitative estimate of drug-likeness (QED) is 0.118. The molecule has 5 aromatic heterocycles. The van der Waals surface area contributed by atoms with Gasteiger partial charge in [-0.25, -0.2) is 9.97 Å². The van der Waals surface area contributed by atoms with Crippen LogP contribution in [0.3, 0.4) is 0 Å². The molecule has 8 heteroatoms.